The van der Waals surface area contributed by atoms with Gasteiger partial charge in [0, 0.05) is 24.4 Å². The lowest BCUT2D eigenvalue weighted by Gasteiger charge is -2.27. The van der Waals surface area contributed by atoms with Crippen molar-refractivity contribution < 1.29 is 4.79 Å². The van der Waals surface area contributed by atoms with Gasteiger partial charge in [-0.3, -0.25) is 4.79 Å². The third kappa shape index (κ3) is 4.36. The van der Waals surface area contributed by atoms with Gasteiger partial charge in [0.1, 0.15) is 0 Å². The SMILES string of the molecule is CCCN(CCC)/C(CC)=C(\C)C(N)=O. The minimum Gasteiger partial charge on any atom is -0.374 e. The number of amides is 1. The van der Waals surface area contributed by atoms with Crippen molar-refractivity contribution in [2.24, 2.45) is 5.73 Å². The van der Waals surface area contributed by atoms with Crippen molar-refractivity contribution >= 4 is 5.91 Å². The molecule has 0 spiro atoms. The van der Waals surface area contributed by atoms with Crippen LogP contribution >= 0.6 is 0 Å². The number of allylic oxidation sites excluding steroid dienone is 1. The Morgan fingerprint density at radius 1 is 1.13 bits per heavy atom. The third-order valence-corrected chi connectivity index (χ3v) is 2.51. The smallest absolute Gasteiger partial charge is 0.246 e. The van der Waals surface area contributed by atoms with Gasteiger partial charge < -0.3 is 10.6 Å². The molecule has 0 atom stereocenters. The number of carbonyl (C=O) groups excluding carboxylic acids is 1. The Kier molecular flexibility index (Phi) is 6.84. The van der Waals surface area contributed by atoms with Crippen molar-refractivity contribution in [2.75, 3.05) is 13.1 Å². The van der Waals surface area contributed by atoms with Crippen molar-refractivity contribution in [1.82, 2.24) is 4.90 Å². The van der Waals surface area contributed by atoms with Gasteiger partial charge in [-0.25, -0.2) is 0 Å². The lowest BCUT2D eigenvalue weighted by atomic mass is 10.1. The normalized spacial score (nSPS) is 12.3. The van der Waals surface area contributed by atoms with Gasteiger partial charge in [-0.2, -0.15) is 0 Å². The van der Waals surface area contributed by atoms with Gasteiger partial charge in [-0.05, 0) is 26.2 Å². The van der Waals surface area contributed by atoms with Crippen LogP contribution in [-0.4, -0.2) is 23.9 Å². The van der Waals surface area contributed by atoms with Crippen molar-refractivity contribution in [3.63, 3.8) is 0 Å². The molecule has 2 N–H and O–H groups in total. The monoisotopic (exact) mass is 212 g/mol. The summed E-state index contributed by atoms with van der Waals surface area (Å²) in [6.45, 7) is 10.2. The van der Waals surface area contributed by atoms with Crippen LogP contribution in [0.15, 0.2) is 11.3 Å². The largest absolute Gasteiger partial charge is 0.374 e. The average Bonchev–Trinajstić information content (AvgIpc) is 2.19. The highest BCUT2D eigenvalue weighted by atomic mass is 16.1. The van der Waals surface area contributed by atoms with Crippen molar-refractivity contribution in [3.05, 3.63) is 11.3 Å². The molecular formula is C12H24N2O. The Morgan fingerprint density at radius 2 is 1.60 bits per heavy atom. The predicted molar refractivity (Wildman–Crippen MR) is 64.3 cm³/mol. The summed E-state index contributed by atoms with van der Waals surface area (Å²) in [5.74, 6) is -0.302. The first-order chi connectivity index (χ1) is 7.08. The minimum absolute atomic E-state index is 0.302. The molecule has 0 aromatic rings. The molecule has 1 amide bonds. The molecule has 0 radical (unpaired) electrons. The lowest BCUT2D eigenvalue weighted by molar-refractivity contribution is -0.114. The van der Waals surface area contributed by atoms with Crippen LogP contribution < -0.4 is 5.73 Å². The van der Waals surface area contributed by atoms with Crippen LogP contribution in [0.4, 0.5) is 0 Å². The van der Waals surface area contributed by atoms with Crippen LogP contribution in [0.5, 0.6) is 0 Å². The summed E-state index contributed by atoms with van der Waals surface area (Å²) in [4.78, 5) is 13.4. The molecule has 0 saturated heterocycles. The summed E-state index contributed by atoms with van der Waals surface area (Å²) in [5, 5.41) is 0. The first-order valence-corrected chi connectivity index (χ1v) is 5.82. The fourth-order valence-corrected chi connectivity index (χ4v) is 1.79. The molecule has 0 aromatic carbocycles. The number of carbonyl (C=O) groups is 1. The van der Waals surface area contributed by atoms with E-state index in [0.717, 1.165) is 38.0 Å². The number of hydrogen-bond donors (Lipinski definition) is 1. The van der Waals surface area contributed by atoms with Gasteiger partial charge in [0.05, 0.1) is 0 Å². The van der Waals surface area contributed by atoms with Gasteiger partial charge >= 0.3 is 0 Å². The van der Waals surface area contributed by atoms with Gasteiger partial charge in [0.25, 0.3) is 0 Å². The van der Waals surface area contributed by atoms with Gasteiger partial charge in [-0.1, -0.05) is 20.8 Å². The number of nitrogens with zero attached hydrogens (tertiary/aromatic N) is 1. The van der Waals surface area contributed by atoms with Crippen LogP contribution in [0, 0.1) is 0 Å². The van der Waals surface area contributed by atoms with E-state index in [1.165, 1.54) is 0 Å². The van der Waals surface area contributed by atoms with Gasteiger partial charge in [0.15, 0.2) is 0 Å². The molecule has 0 heterocycles. The van der Waals surface area contributed by atoms with E-state index in [9.17, 15) is 4.79 Å². The molecule has 0 fully saturated rings. The predicted octanol–water partition coefficient (Wildman–Crippen LogP) is 2.28. The number of hydrogen-bond acceptors (Lipinski definition) is 2. The first-order valence-electron chi connectivity index (χ1n) is 5.82. The summed E-state index contributed by atoms with van der Waals surface area (Å²) >= 11 is 0. The fourth-order valence-electron chi connectivity index (χ4n) is 1.79. The summed E-state index contributed by atoms with van der Waals surface area (Å²) in [6.07, 6.45) is 3.06. The highest BCUT2D eigenvalue weighted by molar-refractivity contribution is 5.91. The van der Waals surface area contributed by atoms with E-state index in [2.05, 4.69) is 25.7 Å². The zero-order valence-corrected chi connectivity index (χ0v) is 10.5. The third-order valence-electron chi connectivity index (χ3n) is 2.51. The maximum atomic E-state index is 11.2. The molecule has 0 bridgehead atoms. The number of primary amides is 1. The zero-order chi connectivity index (χ0) is 11.8. The molecule has 0 aliphatic carbocycles. The molecule has 0 rings (SSSR count). The van der Waals surface area contributed by atoms with E-state index in [-0.39, 0.29) is 5.91 Å². The zero-order valence-electron chi connectivity index (χ0n) is 10.5. The highest BCUT2D eigenvalue weighted by Gasteiger charge is 2.12. The van der Waals surface area contributed by atoms with Crippen LogP contribution in [0.2, 0.25) is 0 Å². The van der Waals surface area contributed by atoms with E-state index in [0.29, 0.717) is 5.57 Å². The van der Waals surface area contributed by atoms with E-state index < -0.39 is 0 Å². The molecule has 3 heteroatoms. The van der Waals surface area contributed by atoms with E-state index in [1.54, 1.807) is 0 Å². The van der Waals surface area contributed by atoms with Crippen LogP contribution in [0.1, 0.15) is 47.0 Å². The van der Waals surface area contributed by atoms with Gasteiger partial charge in [-0.15, -0.1) is 0 Å². The van der Waals surface area contributed by atoms with E-state index in [1.807, 2.05) is 6.92 Å². The maximum absolute atomic E-state index is 11.2. The maximum Gasteiger partial charge on any atom is 0.246 e. The molecule has 15 heavy (non-hydrogen) atoms. The summed E-state index contributed by atoms with van der Waals surface area (Å²) in [6, 6.07) is 0. The Bertz CT molecular complexity index is 228. The molecule has 0 aliphatic heterocycles. The topological polar surface area (TPSA) is 46.3 Å². The quantitative estimate of drug-likeness (QED) is 0.658. The van der Waals surface area contributed by atoms with Crippen molar-refractivity contribution in [2.45, 2.75) is 47.0 Å². The Balaban J connectivity index is 4.86. The summed E-state index contributed by atoms with van der Waals surface area (Å²) < 4.78 is 0. The second-order valence-corrected chi connectivity index (χ2v) is 3.78. The molecule has 0 aliphatic rings. The number of rotatable bonds is 7. The Morgan fingerprint density at radius 3 is 1.87 bits per heavy atom. The lowest BCUT2D eigenvalue weighted by Crippen LogP contribution is -2.28. The average molecular weight is 212 g/mol. The Hall–Kier alpha value is -0.990. The van der Waals surface area contributed by atoms with Crippen LogP contribution in [0.25, 0.3) is 0 Å². The van der Waals surface area contributed by atoms with Crippen molar-refractivity contribution in [3.8, 4) is 0 Å². The molecule has 88 valence electrons. The summed E-state index contributed by atoms with van der Waals surface area (Å²) in [5.41, 5.74) is 7.13. The molecule has 0 aromatic heterocycles. The van der Waals surface area contributed by atoms with Crippen LogP contribution in [0.3, 0.4) is 0 Å². The second kappa shape index (κ2) is 7.32. The fraction of sp³-hybridized carbons (Fsp3) is 0.750. The first kappa shape index (κ1) is 14.0. The van der Waals surface area contributed by atoms with Crippen LogP contribution in [-0.2, 0) is 4.79 Å². The standard InChI is InChI=1S/C12H24N2O/c1-5-8-14(9-6-2)11(7-3)10(4)12(13)15/h5-9H2,1-4H3,(H2,13,15)/b11-10+. The van der Waals surface area contributed by atoms with Crippen molar-refractivity contribution in [1.29, 1.82) is 0 Å². The van der Waals surface area contributed by atoms with E-state index >= 15 is 0 Å². The molecular weight excluding hydrogens is 188 g/mol. The second-order valence-electron chi connectivity index (χ2n) is 3.78. The Labute approximate surface area is 93.3 Å². The summed E-state index contributed by atoms with van der Waals surface area (Å²) in [7, 11) is 0. The highest BCUT2D eigenvalue weighted by Crippen LogP contribution is 2.15. The van der Waals surface area contributed by atoms with E-state index in [4.69, 9.17) is 5.73 Å². The minimum atomic E-state index is -0.302. The molecule has 0 saturated carbocycles. The van der Waals surface area contributed by atoms with Gasteiger partial charge in [0.2, 0.25) is 5.91 Å². The molecule has 3 nitrogen and oxygen atoms in total. The number of nitrogens with two attached hydrogens (primary N) is 1. The molecule has 0 unspecified atom stereocenters.